The second kappa shape index (κ2) is 8.10. The van der Waals surface area contributed by atoms with Gasteiger partial charge < -0.3 is 14.6 Å². The minimum Gasteiger partial charge on any atom is -0.493 e. The third-order valence-corrected chi connectivity index (χ3v) is 6.37. The minimum absolute atomic E-state index is 0.244. The van der Waals surface area contributed by atoms with E-state index >= 15 is 0 Å². The van der Waals surface area contributed by atoms with Gasteiger partial charge in [-0.05, 0) is 43.5 Å². The van der Waals surface area contributed by atoms with Gasteiger partial charge in [0.05, 0.1) is 19.3 Å². The fourth-order valence-electron chi connectivity index (χ4n) is 5.09. The van der Waals surface area contributed by atoms with Crippen LogP contribution >= 0.6 is 0 Å². The molecule has 150 valence electrons. The van der Waals surface area contributed by atoms with E-state index in [4.69, 9.17) is 9.47 Å². The van der Waals surface area contributed by atoms with Crippen molar-refractivity contribution in [1.82, 2.24) is 9.88 Å². The molecule has 1 saturated heterocycles. The Balaban J connectivity index is 1.53. The van der Waals surface area contributed by atoms with Gasteiger partial charge in [-0.15, -0.1) is 0 Å². The number of fused-ring (bicyclic) bond motifs is 2. The lowest BCUT2D eigenvalue weighted by Gasteiger charge is -2.53. The molecule has 2 aromatic rings. The number of benzene rings is 1. The van der Waals surface area contributed by atoms with E-state index in [1.54, 1.807) is 13.3 Å². The van der Waals surface area contributed by atoms with Gasteiger partial charge in [0.25, 0.3) is 0 Å². The van der Waals surface area contributed by atoms with Crippen LogP contribution in [-0.2, 0) is 12.1 Å². The number of piperidine rings is 1. The van der Waals surface area contributed by atoms with Crippen LogP contribution in [0.1, 0.15) is 37.3 Å². The van der Waals surface area contributed by atoms with E-state index < -0.39 is 5.60 Å². The maximum Gasteiger partial charge on any atom is 0.161 e. The number of aliphatic hydroxyl groups is 1. The molecule has 1 aromatic carbocycles. The van der Waals surface area contributed by atoms with Crippen LogP contribution < -0.4 is 9.47 Å². The zero-order chi connectivity index (χ0) is 19.6. The second-order valence-electron chi connectivity index (χ2n) is 8.00. The van der Waals surface area contributed by atoms with E-state index in [2.05, 4.69) is 22.0 Å². The van der Waals surface area contributed by atoms with Gasteiger partial charge in [-0.1, -0.05) is 18.6 Å². The van der Waals surface area contributed by atoms with Gasteiger partial charge in [-0.2, -0.15) is 0 Å². The quantitative estimate of drug-likeness (QED) is 0.827. The van der Waals surface area contributed by atoms with Gasteiger partial charge >= 0.3 is 0 Å². The number of methoxy groups -OCH3 is 1. The Hall–Kier alpha value is -2.11. The smallest absolute Gasteiger partial charge is 0.161 e. The summed E-state index contributed by atoms with van der Waals surface area (Å²) in [5.74, 6) is 2.06. The largest absolute Gasteiger partial charge is 0.493 e. The highest BCUT2D eigenvalue weighted by Crippen LogP contribution is 2.49. The first-order chi connectivity index (χ1) is 13.6. The van der Waals surface area contributed by atoms with E-state index in [0.717, 1.165) is 49.5 Å². The second-order valence-corrected chi connectivity index (χ2v) is 8.00. The SMILES string of the molecule is CCOc1cc(CN2C[C@@H]3CCC[C@@H](C2)C3(O)c2cccnc2)ccc1OC. The summed E-state index contributed by atoms with van der Waals surface area (Å²) in [5, 5.41) is 11.7. The summed E-state index contributed by atoms with van der Waals surface area (Å²) in [6, 6.07) is 10.1. The molecule has 1 aliphatic carbocycles. The van der Waals surface area contributed by atoms with Gasteiger partial charge in [0.1, 0.15) is 0 Å². The first kappa shape index (κ1) is 19.2. The van der Waals surface area contributed by atoms with Crippen LogP contribution in [0.4, 0.5) is 0 Å². The summed E-state index contributed by atoms with van der Waals surface area (Å²) in [5.41, 5.74) is 1.45. The van der Waals surface area contributed by atoms with E-state index in [1.165, 1.54) is 12.0 Å². The molecule has 2 aliphatic rings. The number of ether oxygens (including phenoxy) is 2. The first-order valence-corrected chi connectivity index (χ1v) is 10.3. The predicted molar refractivity (Wildman–Crippen MR) is 108 cm³/mol. The summed E-state index contributed by atoms with van der Waals surface area (Å²) in [4.78, 5) is 6.75. The maximum atomic E-state index is 11.7. The molecule has 0 unspecified atom stereocenters. The van der Waals surface area contributed by atoms with Gasteiger partial charge in [0.2, 0.25) is 0 Å². The average molecular weight is 383 g/mol. The average Bonchev–Trinajstić information content (AvgIpc) is 2.70. The van der Waals surface area contributed by atoms with Crippen molar-refractivity contribution in [3.05, 3.63) is 53.9 Å². The van der Waals surface area contributed by atoms with E-state index in [-0.39, 0.29) is 11.8 Å². The Bertz CT molecular complexity index is 782. The number of rotatable bonds is 6. The van der Waals surface area contributed by atoms with E-state index in [9.17, 15) is 5.11 Å². The predicted octanol–water partition coefficient (Wildman–Crippen LogP) is 3.61. The van der Waals surface area contributed by atoms with Gasteiger partial charge in [0, 0.05) is 49.4 Å². The van der Waals surface area contributed by atoms with Gasteiger partial charge in [0.15, 0.2) is 11.5 Å². The van der Waals surface area contributed by atoms with Gasteiger partial charge in [-0.3, -0.25) is 9.88 Å². The lowest BCUT2D eigenvalue weighted by Crippen LogP contribution is -2.57. The molecule has 5 heteroatoms. The molecule has 1 aliphatic heterocycles. The topological polar surface area (TPSA) is 54.8 Å². The number of hydrogen-bond donors (Lipinski definition) is 1. The fourth-order valence-corrected chi connectivity index (χ4v) is 5.09. The van der Waals surface area contributed by atoms with Crippen molar-refractivity contribution in [2.75, 3.05) is 26.8 Å². The van der Waals surface area contributed by atoms with Crippen molar-refractivity contribution in [3.63, 3.8) is 0 Å². The minimum atomic E-state index is -0.751. The Morgan fingerprint density at radius 1 is 1.18 bits per heavy atom. The lowest BCUT2D eigenvalue weighted by molar-refractivity contribution is -0.148. The standard InChI is InChI=1S/C23H30N2O3/c1-3-28-22-12-17(9-10-21(22)27-2)14-25-15-19-6-4-7-20(16-25)23(19,26)18-8-5-11-24-13-18/h5,8-13,19-20,26H,3-4,6-7,14-16H2,1-2H3/t19-,20-/m0/s1. The van der Waals surface area contributed by atoms with Crippen molar-refractivity contribution >= 4 is 0 Å². The number of hydrogen-bond acceptors (Lipinski definition) is 5. The first-order valence-electron chi connectivity index (χ1n) is 10.3. The van der Waals surface area contributed by atoms with Crippen LogP contribution in [0.25, 0.3) is 0 Å². The summed E-state index contributed by atoms with van der Waals surface area (Å²) in [6.07, 6.45) is 6.94. The van der Waals surface area contributed by atoms with Crippen molar-refractivity contribution in [1.29, 1.82) is 0 Å². The lowest BCUT2D eigenvalue weighted by atomic mass is 9.63. The third-order valence-electron chi connectivity index (χ3n) is 6.37. The van der Waals surface area contributed by atoms with E-state index in [1.807, 2.05) is 31.3 Å². The van der Waals surface area contributed by atoms with Crippen LogP contribution in [0, 0.1) is 11.8 Å². The Kier molecular flexibility index (Phi) is 5.56. The summed E-state index contributed by atoms with van der Waals surface area (Å²) in [7, 11) is 1.67. The highest BCUT2D eigenvalue weighted by molar-refractivity contribution is 5.43. The molecular weight excluding hydrogens is 352 g/mol. The Morgan fingerprint density at radius 3 is 2.61 bits per heavy atom. The van der Waals surface area contributed by atoms with Gasteiger partial charge in [-0.25, -0.2) is 0 Å². The van der Waals surface area contributed by atoms with E-state index in [0.29, 0.717) is 6.61 Å². The van der Waals surface area contributed by atoms with Crippen LogP contribution in [-0.4, -0.2) is 41.8 Å². The van der Waals surface area contributed by atoms with Crippen LogP contribution in [0.15, 0.2) is 42.7 Å². The molecular formula is C23H30N2O3. The molecule has 0 amide bonds. The van der Waals surface area contributed by atoms with Crippen molar-refractivity contribution in [3.8, 4) is 11.5 Å². The molecule has 5 nitrogen and oxygen atoms in total. The molecule has 2 bridgehead atoms. The number of nitrogens with zero attached hydrogens (tertiary/aromatic N) is 2. The molecule has 2 fully saturated rings. The summed E-state index contributed by atoms with van der Waals surface area (Å²) >= 11 is 0. The van der Waals surface area contributed by atoms with Crippen molar-refractivity contribution in [2.24, 2.45) is 11.8 Å². The normalized spacial score (nSPS) is 27.4. The van der Waals surface area contributed by atoms with Crippen molar-refractivity contribution in [2.45, 2.75) is 38.3 Å². The highest BCUT2D eigenvalue weighted by Gasteiger charge is 2.51. The molecule has 4 rings (SSSR count). The molecule has 2 atom stereocenters. The number of aromatic nitrogens is 1. The summed E-state index contributed by atoms with van der Waals surface area (Å²) in [6.45, 7) is 5.26. The summed E-state index contributed by atoms with van der Waals surface area (Å²) < 4.78 is 11.1. The molecule has 0 radical (unpaired) electrons. The molecule has 2 heterocycles. The fraction of sp³-hybridized carbons (Fsp3) is 0.522. The maximum absolute atomic E-state index is 11.7. The zero-order valence-electron chi connectivity index (χ0n) is 16.8. The van der Waals surface area contributed by atoms with Crippen molar-refractivity contribution < 1.29 is 14.6 Å². The van der Waals surface area contributed by atoms with Crippen LogP contribution in [0.3, 0.4) is 0 Å². The molecule has 1 N–H and O–H groups in total. The molecule has 0 spiro atoms. The monoisotopic (exact) mass is 382 g/mol. The Labute approximate surface area is 167 Å². The Morgan fingerprint density at radius 2 is 1.96 bits per heavy atom. The van der Waals surface area contributed by atoms with Crippen LogP contribution in [0.2, 0.25) is 0 Å². The third kappa shape index (κ3) is 3.49. The molecule has 28 heavy (non-hydrogen) atoms. The number of pyridine rings is 1. The number of likely N-dealkylation sites (tertiary alicyclic amines) is 1. The zero-order valence-corrected chi connectivity index (χ0v) is 16.8. The molecule has 1 aromatic heterocycles. The highest BCUT2D eigenvalue weighted by atomic mass is 16.5. The van der Waals surface area contributed by atoms with Crippen LogP contribution in [0.5, 0.6) is 11.5 Å². The molecule has 1 saturated carbocycles.